The van der Waals surface area contributed by atoms with Crippen molar-refractivity contribution < 1.29 is 13.2 Å². The van der Waals surface area contributed by atoms with E-state index in [1.807, 2.05) is 6.92 Å². The first-order chi connectivity index (χ1) is 9.38. The van der Waals surface area contributed by atoms with Gasteiger partial charge < -0.3 is 5.32 Å². The Balaban J connectivity index is 2.08. The highest BCUT2D eigenvalue weighted by atomic mass is 79.9. The minimum absolute atomic E-state index is 0.0999. The molecule has 0 fully saturated rings. The van der Waals surface area contributed by atoms with Crippen molar-refractivity contribution in [3.63, 3.8) is 0 Å². The van der Waals surface area contributed by atoms with Crippen LogP contribution in [0.2, 0.25) is 0 Å². The number of aryl methyl sites for hydroxylation is 1. The van der Waals surface area contributed by atoms with Crippen molar-refractivity contribution in [3.8, 4) is 0 Å². The van der Waals surface area contributed by atoms with Gasteiger partial charge in [-0.2, -0.15) is 13.2 Å². The smallest absolute Gasteiger partial charge is 0.384 e. The summed E-state index contributed by atoms with van der Waals surface area (Å²) < 4.78 is 39.2. The van der Waals surface area contributed by atoms with Gasteiger partial charge in [0.2, 0.25) is 0 Å². The summed E-state index contributed by atoms with van der Waals surface area (Å²) in [6.45, 7) is 2.33. The Labute approximate surface area is 127 Å². The molecule has 0 aliphatic rings. The fourth-order valence-electron chi connectivity index (χ4n) is 1.78. The minimum Gasteiger partial charge on any atom is -0.384 e. The Morgan fingerprint density at radius 1 is 1.35 bits per heavy atom. The van der Waals surface area contributed by atoms with Crippen LogP contribution in [0.3, 0.4) is 0 Å². The van der Waals surface area contributed by atoms with Gasteiger partial charge in [0.15, 0.2) is 0 Å². The van der Waals surface area contributed by atoms with Crippen LogP contribution in [0.5, 0.6) is 0 Å². The van der Waals surface area contributed by atoms with Gasteiger partial charge in [-0.1, -0.05) is 15.9 Å². The maximum Gasteiger partial charge on any atom is 0.418 e. The summed E-state index contributed by atoms with van der Waals surface area (Å²) >= 11 is 4.58. The average molecular weight is 365 g/mol. The summed E-state index contributed by atoms with van der Waals surface area (Å²) in [5.74, 6) is 0. The van der Waals surface area contributed by atoms with Crippen LogP contribution < -0.4 is 5.32 Å². The number of aromatic nitrogens is 1. The van der Waals surface area contributed by atoms with Gasteiger partial charge in [0, 0.05) is 28.0 Å². The van der Waals surface area contributed by atoms with Crippen LogP contribution in [0.15, 0.2) is 28.2 Å². The molecule has 0 saturated carbocycles. The highest BCUT2D eigenvalue weighted by molar-refractivity contribution is 9.10. The molecule has 2 aromatic rings. The van der Waals surface area contributed by atoms with E-state index in [-0.39, 0.29) is 5.69 Å². The Hall–Kier alpha value is -1.08. The summed E-state index contributed by atoms with van der Waals surface area (Å²) in [7, 11) is 0. The number of hydrogen-bond acceptors (Lipinski definition) is 3. The van der Waals surface area contributed by atoms with Crippen LogP contribution in [0.4, 0.5) is 18.9 Å². The van der Waals surface area contributed by atoms with Crippen molar-refractivity contribution >= 4 is 33.0 Å². The molecule has 0 bridgehead atoms. The first-order valence-corrected chi connectivity index (χ1v) is 7.55. The van der Waals surface area contributed by atoms with Gasteiger partial charge in [-0.05, 0) is 25.1 Å². The second-order valence-electron chi connectivity index (χ2n) is 4.23. The van der Waals surface area contributed by atoms with Crippen LogP contribution in [-0.4, -0.2) is 11.5 Å². The molecule has 0 radical (unpaired) electrons. The van der Waals surface area contributed by atoms with Gasteiger partial charge in [-0.25, -0.2) is 4.98 Å². The Morgan fingerprint density at radius 2 is 2.10 bits per heavy atom. The van der Waals surface area contributed by atoms with E-state index < -0.39 is 11.7 Å². The van der Waals surface area contributed by atoms with Crippen molar-refractivity contribution in [3.05, 3.63) is 44.3 Å². The second kappa shape index (κ2) is 6.13. The number of alkyl halides is 3. The molecule has 0 aliphatic heterocycles. The lowest BCUT2D eigenvalue weighted by Crippen LogP contribution is -2.12. The Bertz CT molecular complexity index is 596. The number of nitrogens with zero attached hydrogens (tertiary/aromatic N) is 1. The van der Waals surface area contributed by atoms with Crippen LogP contribution >= 0.6 is 27.3 Å². The van der Waals surface area contributed by atoms with Crippen molar-refractivity contribution in [2.45, 2.75) is 19.5 Å². The largest absolute Gasteiger partial charge is 0.418 e. The van der Waals surface area contributed by atoms with Crippen molar-refractivity contribution in [2.24, 2.45) is 0 Å². The van der Waals surface area contributed by atoms with Crippen LogP contribution in [0, 0.1) is 6.92 Å². The number of halogens is 4. The van der Waals surface area contributed by atoms with Gasteiger partial charge in [0.25, 0.3) is 0 Å². The number of nitrogens with one attached hydrogen (secondary N) is 1. The predicted octanol–water partition coefficient (Wildman–Crippen LogP) is 4.89. The van der Waals surface area contributed by atoms with Crippen molar-refractivity contribution in [1.29, 1.82) is 0 Å². The van der Waals surface area contributed by atoms with Crippen molar-refractivity contribution in [2.75, 3.05) is 11.9 Å². The molecule has 7 heteroatoms. The van der Waals surface area contributed by atoms with E-state index >= 15 is 0 Å². The average Bonchev–Trinajstić information content (AvgIpc) is 2.76. The lowest BCUT2D eigenvalue weighted by molar-refractivity contribution is -0.137. The zero-order valence-corrected chi connectivity index (χ0v) is 13.0. The molecule has 2 nitrogen and oxygen atoms in total. The monoisotopic (exact) mass is 364 g/mol. The molecule has 0 saturated heterocycles. The molecule has 108 valence electrons. The summed E-state index contributed by atoms with van der Waals surface area (Å²) in [5.41, 5.74) is 2.12. The number of rotatable bonds is 4. The summed E-state index contributed by atoms with van der Waals surface area (Å²) in [5, 5.41) is 2.85. The van der Waals surface area contributed by atoms with Crippen LogP contribution in [0.25, 0.3) is 0 Å². The number of benzene rings is 1. The van der Waals surface area contributed by atoms with E-state index in [0.717, 1.165) is 16.6 Å². The van der Waals surface area contributed by atoms with Gasteiger partial charge in [0.05, 0.1) is 16.8 Å². The third kappa shape index (κ3) is 3.73. The molecule has 0 atom stereocenters. The molecule has 0 amide bonds. The normalized spacial score (nSPS) is 11.7. The predicted molar refractivity (Wildman–Crippen MR) is 78.2 cm³/mol. The van der Waals surface area contributed by atoms with Crippen LogP contribution in [-0.2, 0) is 12.6 Å². The third-order valence-corrected chi connectivity index (χ3v) is 4.29. The molecule has 1 heterocycles. The lowest BCUT2D eigenvalue weighted by atomic mass is 10.1. The van der Waals surface area contributed by atoms with Gasteiger partial charge >= 0.3 is 6.18 Å². The Kier molecular flexibility index (Phi) is 4.70. The topological polar surface area (TPSA) is 24.9 Å². The zero-order valence-electron chi connectivity index (χ0n) is 10.6. The number of hydrogen-bond donors (Lipinski definition) is 1. The second-order valence-corrected chi connectivity index (χ2v) is 6.08. The molecule has 0 unspecified atom stereocenters. The first-order valence-electron chi connectivity index (χ1n) is 5.87. The molecular formula is C13H12BrF3N2S. The summed E-state index contributed by atoms with van der Waals surface area (Å²) in [4.78, 5) is 5.20. The molecule has 1 aromatic heterocycles. The highest BCUT2D eigenvalue weighted by Crippen LogP contribution is 2.36. The fraction of sp³-hybridized carbons (Fsp3) is 0.308. The van der Waals surface area contributed by atoms with E-state index in [9.17, 15) is 13.2 Å². The molecule has 0 spiro atoms. The van der Waals surface area contributed by atoms with Gasteiger partial charge in [-0.3, -0.25) is 0 Å². The van der Waals surface area contributed by atoms with Gasteiger partial charge in [-0.15, -0.1) is 11.3 Å². The lowest BCUT2D eigenvalue weighted by Gasteiger charge is -2.14. The maximum absolute atomic E-state index is 12.9. The molecule has 20 heavy (non-hydrogen) atoms. The first kappa shape index (κ1) is 15.3. The highest BCUT2D eigenvalue weighted by Gasteiger charge is 2.33. The maximum atomic E-state index is 12.9. The molecule has 1 N–H and O–H groups in total. The summed E-state index contributed by atoms with van der Waals surface area (Å²) in [6, 6.07) is 4.11. The Morgan fingerprint density at radius 3 is 2.70 bits per heavy atom. The summed E-state index contributed by atoms with van der Waals surface area (Å²) in [6.07, 6.45) is -3.71. The quantitative estimate of drug-likeness (QED) is 0.835. The van der Waals surface area contributed by atoms with Crippen molar-refractivity contribution in [1.82, 2.24) is 4.98 Å². The van der Waals surface area contributed by atoms with E-state index in [1.165, 1.54) is 17.4 Å². The number of thiazole rings is 1. The minimum atomic E-state index is -4.37. The van der Waals surface area contributed by atoms with E-state index in [2.05, 4.69) is 26.2 Å². The standard InChI is InChI=1S/C13H12BrF3N2S/c1-8-12(20-7-19-8)4-5-18-11-3-2-9(14)6-10(11)13(15,16)17/h2-3,6-7,18H,4-5H2,1H3. The fourth-order valence-corrected chi connectivity index (χ4v) is 2.92. The SMILES string of the molecule is Cc1ncsc1CCNc1ccc(Br)cc1C(F)(F)F. The van der Waals surface area contributed by atoms with E-state index in [4.69, 9.17) is 0 Å². The molecule has 1 aromatic carbocycles. The molecular weight excluding hydrogens is 353 g/mol. The van der Waals surface area contributed by atoms with Crippen LogP contribution in [0.1, 0.15) is 16.1 Å². The number of anilines is 1. The molecule has 0 aliphatic carbocycles. The van der Waals surface area contributed by atoms with Gasteiger partial charge in [0.1, 0.15) is 0 Å². The zero-order chi connectivity index (χ0) is 14.8. The van der Waals surface area contributed by atoms with E-state index in [0.29, 0.717) is 17.4 Å². The third-order valence-electron chi connectivity index (χ3n) is 2.80. The molecule has 2 rings (SSSR count). The van der Waals surface area contributed by atoms with E-state index in [1.54, 1.807) is 11.6 Å².